The third kappa shape index (κ3) is 4.86. The van der Waals surface area contributed by atoms with Gasteiger partial charge in [0.25, 0.3) is 11.1 Å². The molecule has 0 aliphatic carbocycles. The van der Waals surface area contributed by atoms with Gasteiger partial charge in [-0.15, -0.1) is 0 Å². The minimum absolute atomic E-state index is 0.182. The zero-order valence-corrected chi connectivity index (χ0v) is 18.6. The van der Waals surface area contributed by atoms with Gasteiger partial charge in [0.1, 0.15) is 23.9 Å². The first-order valence-corrected chi connectivity index (χ1v) is 10.9. The van der Waals surface area contributed by atoms with Crippen molar-refractivity contribution >= 4 is 40.6 Å². The molecule has 0 atom stereocenters. The Hall–Kier alpha value is -2.96. The Bertz CT molecular complexity index is 1180. The number of carbonyl (C=O) groups is 2. The number of nitrogens with zero attached hydrogens (tertiary/aromatic N) is 1. The van der Waals surface area contributed by atoms with Gasteiger partial charge in [-0.3, -0.25) is 14.5 Å². The second-order valence-corrected chi connectivity index (χ2v) is 8.56. The van der Waals surface area contributed by atoms with Gasteiger partial charge in [0, 0.05) is 16.7 Å². The van der Waals surface area contributed by atoms with Crippen LogP contribution in [0.1, 0.15) is 16.9 Å². The molecule has 3 aromatic rings. The molecule has 5 nitrogen and oxygen atoms in total. The van der Waals surface area contributed by atoms with E-state index in [0.29, 0.717) is 27.2 Å². The third-order valence-corrected chi connectivity index (χ3v) is 6.12. The highest BCUT2D eigenvalue weighted by Gasteiger charge is 2.35. The molecule has 2 aromatic carbocycles. The van der Waals surface area contributed by atoms with E-state index in [9.17, 15) is 9.59 Å². The topological polar surface area (TPSA) is 59.8 Å². The first-order valence-electron chi connectivity index (χ1n) is 9.72. The Balaban J connectivity index is 1.42. The van der Waals surface area contributed by atoms with E-state index in [1.54, 1.807) is 12.1 Å². The molecule has 31 heavy (non-hydrogen) atoms. The van der Waals surface area contributed by atoms with Crippen molar-refractivity contribution < 1.29 is 18.7 Å². The zero-order chi connectivity index (χ0) is 22.0. The van der Waals surface area contributed by atoms with Crippen molar-refractivity contribution in [1.82, 2.24) is 4.90 Å². The molecule has 0 N–H and O–H groups in total. The minimum atomic E-state index is -0.348. The van der Waals surface area contributed by atoms with Gasteiger partial charge in [-0.05, 0) is 67.1 Å². The third-order valence-electron chi connectivity index (χ3n) is 4.80. The SMILES string of the molecule is Cc1cccc(OCCN2C(=O)S/C(=C\c3ccc(-c4ccc(C)c(Cl)c4)o3)C2=O)c1. The van der Waals surface area contributed by atoms with Crippen LogP contribution in [0.3, 0.4) is 0 Å². The summed E-state index contributed by atoms with van der Waals surface area (Å²) in [4.78, 5) is 26.5. The average molecular weight is 454 g/mol. The van der Waals surface area contributed by atoms with Gasteiger partial charge < -0.3 is 9.15 Å². The summed E-state index contributed by atoms with van der Waals surface area (Å²) in [6, 6.07) is 16.9. The molecule has 1 aliphatic heterocycles. The number of rotatable bonds is 6. The Labute approximate surface area is 189 Å². The van der Waals surface area contributed by atoms with Crippen LogP contribution in [0.5, 0.6) is 5.75 Å². The lowest BCUT2D eigenvalue weighted by Crippen LogP contribution is -2.32. The Kier molecular flexibility index (Phi) is 6.20. The van der Waals surface area contributed by atoms with Gasteiger partial charge in [-0.1, -0.05) is 35.9 Å². The summed E-state index contributed by atoms with van der Waals surface area (Å²) < 4.78 is 11.5. The van der Waals surface area contributed by atoms with Crippen molar-refractivity contribution in [1.29, 1.82) is 0 Å². The predicted molar refractivity (Wildman–Crippen MR) is 123 cm³/mol. The molecule has 0 spiro atoms. The van der Waals surface area contributed by atoms with Crippen molar-refractivity contribution in [3.8, 4) is 17.1 Å². The Morgan fingerprint density at radius 2 is 1.94 bits per heavy atom. The molecule has 158 valence electrons. The van der Waals surface area contributed by atoms with E-state index < -0.39 is 0 Å². The first kappa shape index (κ1) is 21.3. The number of ether oxygens (including phenoxy) is 1. The van der Waals surface area contributed by atoms with Crippen LogP contribution >= 0.6 is 23.4 Å². The number of hydrogen-bond donors (Lipinski definition) is 0. The van der Waals surface area contributed by atoms with Crippen LogP contribution in [-0.2, 0) is 4.79 Å². The fourth-order valence-corrected chi connectivity index (χ4v) is 4.14. The molecule has 2 heterocycles. The molecular formula is C24H20ClNO4S. The van der Waals surface area contributed by atoms with Gasteiger partial charge >= 0.3 is 0 Å². The van der Waals surface area contributed by atoms with E-state index in [1.807, 2.05) is 62.4 Å². The maximum atomic E-state index is 12.7. The highest BCUT2D eigenvalue weighted by molar-refractivity contribution is 8.18. The van der Waals surface area contributed by atoms with Gasteiger partial charge in [0.2, 0.25) is 0 Å². The van der Waals surface area contributed by atoms with E-state index in [0.717, 1.165) is 28.5 Å². The van der Waals surface area contributed by atoms with Crippen LogP contribution in [0.15, 0.2) is 63.9 Å². The normalized spacial score (nSPS) is 15.2. The van der Waals surface area contributed by atoms with Gasteiger partial charge in [-0.2, -0.15) is 0 Å². The summed E-state index contributed by atoms with van der Waals surface area (Å²) in [6.07, 6.45) is 1.59. The standard InChI is InChI=1S/C24H20ClNO4S/c1-15-4-3-5-18(12-15)29-11-10-26-23(27)22(31-24(26)28)14-19-8-9-21(30-19)17-7-6-16(2)20(25)13-17/h3-9,12-14H,10-11H2,1-2H3/b22-14-. The second kappa shape index (κ2) is 9.04. The summed E-state index contributed by atoms with van der Waals surface area (Å²) in [5, 5.41) is 0.339. The molecule has 1 saturated heterocycles. The van der Waals surface area contributed by atoms with Crippen LogP contribution in [0.4, 0.5) is 4.79 Å². The molecule has 0 bridgehead atoms. The highest BCUT2D eigenvalue weighted by atomic mass is 35.5. The molecule has 1 fully saturated rings. The molecule has 7 heteroatoms. The second-order valence-electron chi connectivity index (χ2n) is 7.16. The van der Waals surface area contributed by atoms with Crippen molar-refractivity contribution in [2.24, 2.45) is 0 Å². The molecular weight excluding hydrogens is 434 g/mol. The quantitative estimate of drug-likeness (QED) is 0.408. The van der Waals surface area contributed by atoms with Crippen molar-refractivity contribution in [3.05, 3.63) is 81.4 Å². The van der Waals surface area contributed by atoms with Crippen LogP contribution in [-0.4, -0.2) is 29.2 Å². The number of carbonyl (C=O) groups excluding carboxylic acids is 2. The van der Waals surface area contributed by atoms with E-state index in [1.165, 1.54) is 4.90 Å². The lowest BCUT2D eigenvalue weighted by atomic mass is 10.1. The van der Waals surface area contributed by atoms with Gasteiger partial charge in [-0.25, -0.2) is 0 Å². The lowest BCUT2D eigenvalue weighted by Gasteiger charge is -2.13. The summed E-state index contributed by atoms with van der Waals surface area (Å²) in [6.45, 7) is 4.32. The predicted octanol–water partition coefficient (Wildman–Crippen LogP) is 6.33. The van der Waals surface area contributed by atoms with Crippen LogP contribution < -0.4 is 4.74 Å². The minimum Gasteiger partial charge on any atom is -0.492 e. The first-order chi connectivity index (χ1) is 14.9. The number of halogens is 1. The van der Waals surface area contributed by atoms with Crippen LogP contribution in [0.25, 0.3) is 17.4 Å². The zero-order valence-electron chi connectivity index (χ0n) is 17.1. The summed E-state index contributed by atoms with van der Waals surface area (Å²) >= 11 is 7.09. The van der Waals surface area contributed by atoms with E-state index in [2.05, 4.69) is 0 Å². The molecule has 0 unspecified atom stereocenters. The number of hydrogen-bond acceptors (Lipinski definition) is 5. The number of thioether (sulfide) groups is 1. The largest absolute Gasteiger partial charge is 0.492 e. The molecule has 0 saturated carbocycles. The fourth-order valence-electron chi connectivity index (χ4n) is 3.11. The summed E-state index contributed by atoms with van der Waals surface area (Å²) in [7, 11) is 0. The lowest BCUT2D eigenvalue weighted by molar-refractivity contribution is -0.123. The molecule has 0 radical (unpaired) electrons. The van der Waals surface area contributed by atoms with E-state index in [4.69, 9.17) is 20.8 Å². The highest BCUT2D eigenvalue weighted by Crippen LogP contribution is 2.33. The average Bonchev–Trinajstić information content (AvgIpc) is 3.30. The van der Waals surface area contributed by atoms with E-state index >= 15 is 0 Å². The summed E-state index contributed by atoms with van der Waals surface area (Å²) in [5.41, 5.74) is 2.91. The monoisotopic (exact) mass is 453 g/mol. The maximum absolute atomic E-state index is 12.7. The molecule has 1 aromatic heterocycles. The number of benzene rings is 2. The Morgan fingerprint density at radius 1 is 1.10 bits per heavy atom. The fraction of sp³-hybridized carbons (Fsp3) is 0.167. The Morgan fingerprint density at radius 3 is 2.71 bits per heavy atom. The molecule has 4 rings (SSSR count). The van der Waals surface area contributed by atoms with Crippen molar-refractivity contribution in [2.75, 3.05) is 13.2 Å². The molecule has 2 amide bonds. The number of aryl methyl sites for hydroxylation is 2. The van der Waals surface area contributed by atoms with Crippen LogP contribution in [0, 0.1) is 13.8 Å². The molecule has 1 aliphatic rings. The number of amides is 2. The summed E-state index contributed by atoms with van der Waals surface area (Å²) in [5.74, 6) is 1.49. The van der Waals surface area contributed by atoms with Crippen molar-refractivity contribution in [2.45, 2.75) is 13.8 Å². The number of furan rings is 1. The number of imide groups is 1. The smallest absolute Gasteiger partial charge is 0.293 e. The van der Waals surface area contributed by atoms with Gasteiger partial charge in [0.05, 0.1) is 11.4 Å². The van der Waals surface area contributed by atoms with Crippen LogP contribution in [0.2, 0.25) is 5.02 Å². The van der Waals surface area contributed by atoms with Crippen molar-refractivity contribution in [3.63, 3.8) is 0 Å². The maximum Gasteiger partial charge on any atom is 0.293 e. The van der Waals surface area contributed by atoms with Gasteiger partial charge in [0.15, 0.2) is 0 Å². The van der Waals surface area contributed by atoms with E-state index in [-0.39, 0.29) is 24.3 Å².